The number of aryl methyl sites for hydroxylation is 1. The summed E-state index contributed by atoms with van der Waals surface area (Å²) in [4.78, 5) is 3.23. The third kappa shape index (κ3) is 1.63. The average Bonchev–Trinajstić information content (AvgIpc) is 2.47. The van der Waals surface area contributed by atoms with E-state index in [9.17, 15) is 0 Å². The minimum absolute atomic E-state index is 0.658. The molecule has 2 aromatic rings. The Hall–Kier alpha value is -0.990. The van der Waals surface area contributed by atoms with Gasteiger partial charge in [-0.05, 0) is 43.7 Å². The van der Waals surface area contributed by atoms with Crippen LogP contribution < -0.4 is 5.73 Å². The Morgan fingerprint density at radius 1 is 1.36 bits per heavy atom. The molecule has 0 saturated heterocycles. The molecule has 0 atom stereocenters. The van der Waals surface area contributed by atoms with E-state index in [0.717, 1.165) is 22.7 Å². The Morgan fingerprint density at radius 3 is 2.86 bits per heavy atom. The molecule has 2 nitrogen and oxygen atoms in total. The van der Waals surface area contributed by atoms with Crippen molar-refractivity contribution in [3.05, 3.63) is 34.5 Å². The van der Waals surface area contributed by atoms with E-state index in [-0.39, 0.29) is 0 Å². The normalized spacial score (nSPS) is 11.1. The lowest BCUT2D eigenvalue weighted by molar-refractivity contribution is 0.971. The lowest BCUT2D eigenvalue weighted by Crippen LogP contribution is -2.02. The lowest BCUT2D eigenvalue weighted by atomic mass is 10.1. The molecule has 74 valence electrons. The minimum atomic E-state index is 0.658. The summed E-state index contributed by atoms with van der Waals surface area (Å²) in [5.74, 6) is 0. The number of fused-ring (bicyclic) bond motifs is 1. The van der Waals surface area contributed by atoms with Crippen LogP contribution in [0, 0.1) is 6.92 Å². The van der Waals surface area contributed by atoms with Gasteiger partial charge in [-0.2, -0.15) is 0 Å². The summed E-state index contributed by atoms with van der Waals surface area (Å²) in [6.45, 7) is 2.68. The molecule has 0 spiro atoms. The number of benzene rings is 1. The van der Waals surface area contributed by atoms with Gasteiger partial charge in [0.1, 0.15) is 0 Å². The van der Waals surface area contributed by atoms with Crippen LogP contribution in [0.15, 0.2) is 18.2 Å². The molecule has 0 amide bonds. The van der Waals surface area contributed by atoms with E-state index < -0.39 is 0 Å². The molecule has 0 unspecified atom stereocenters. The van der Waals surface area contributed by atoms with Gasteiger partial charge < -0.3 is 10.7 Å². The highest BCUT2D eigenvalue weighted by Crippen LogP contribution is 2.25. The molecule has 1 aromatic carbocycles. The zero-order valence-corrected chi connectivity index (χ0v) is 8.86. The van der Waals surface area contributed by atoms with Crippen molar-refractivity contribution < 1.29 is 0 Å². The van der Waals surface area contributed by atoms with E-state index in [4.69, 9.17) is 17.3 Å². The summed E-state index contributed by atoms with van der Waals surface area (Å²) in [7, 11) is 0. The number of halogens is 1. The molecule has 0 saturated carbocycles. The van der Waals surface area contributed by atoms with Crippen LogP contribution in [0.25, 0.3) is 10.9 Å². The molecule has 3 N–H and O–H groups in total. The van der Waals surface area contributed by atoms with Gasteiger partial charge >= 0.3 is 0 Å². The van der Waals surface area contributed by atoms with Crippen LogP contribution in [-0.4, -0.2) is 11.5 Å². The summed E-state index contributed by atoms with van der Waals surface area (Å²) in [6, 6.07) is 6.21. The molecular formula is C11H13ClN2. The van der Waals surface area contributed by atoms with Gasteiger partial charge in [0.2, 0.25) is 0 Å². The number of hydrogen-bond acceptors (Lipinski definition) is 1. The van der Waals surface area contributed by atoms with Gasteiger partial charge in [-0.1, -0.05) is 11.6 Å². The van der Waals surface area contributed by atoms with Crippen molar-refractivity contribution in [3.8, 4) is 0 Å². The highest BCUT2D eigenvalue weighted by atomic mass is 35.5. The summed E-state index contributed by atoms with van der Waals surface area (Å²) >= 11 is 6.14. The number of aromatic nitrogens is 1. The number of H-pyrrole nitrogens is 1. The Bertz CT molecular complexity index is 460. The van der Waals surface area contributed by atoms with Crippen molar-refractivity contribution in [3.63, 3.8) is 0 Å². The van der Waals surface area contributed by atoms with Gasteiger partial charge in [0.25, 0.3) is 0 Å². The predicted molar refractivity (Wildman–Crippen MR) is 60.8 cm³/mol. The molecule has 0 fully saturated rings. The first-order valence-corrected chi connectivity index (χ1v) is 5.06. The van der Waals surface area contributed by atoms with Gasteiger partial charge in [-0.3, -0.25) is 0 Å². The van der Waals surface area contributed by atoms with Crippen LogP contribution in [0.5, 0.6) is 0 Å². The van der Waals surface area contributed by atoms with E-state index in [2.05, 4.69) is 17.1 Å². The molecule has 0 radical (unpaired) electrons. The van der Waals surface area contributed by atoms with Crippen molar-refractivity contribution in [1.29, 1.82) is 0 Å². The molecule has 0 aliphatic heterocycles. The van der Waals surface area contributed by atoms with Gasteiger partial charge in [0.15, 0.2) is 0 Å². The van der Waals surface area contributed by atoms with Gasteiger partial charge in [-0.15, -0.1) is 0 Å². The Balaban J connectivity index is 2.59. The third-order valence-corrected chi connectivity index (χ3v) is 2.61. The van der Waals surface area contributed by atoms with Crippen LogP contribution >= 0.6 is 11.6 Å². The quantitative estimate of drug-likeness (QED) is 0.783. The molecule has 3 heteroatoms. The number of nitrogens with two attached hydrogens (primary N) is 1. The summed E-state index contributed by atoms with van der Waals surface area (Å²) < 4.78 is 0. The van der Waals surface area contributed by atoms with Crippen molar-refractivity contribution in [1.82, 2.24) is 4.98 Å². The molecular weight excluding hydrogens is 196 g/mol. The largest absolute Gasteiger partial charge is 0.357 e. The standard InChI is InChI=1S/C11H13ClN2/c1-7-4-9-5-8(2-3-13)6-10(12)11(9)14-7/h4-6,14H,2-3,13H2,1H3. The summed E-state index contributed by atoms with van der Waals surface area (Å²) in [5.41, 5.74) is 8.86. The van der Waals surface area contributed by atoms with Crippen molar-refractivity contribution in [2.24, 2.45) is 5.73 Å². The smallest absolute Gasteiger partial charge is 0.0649 e. The molecule has 0 aliphatic carbocycles. The third-order valence-electron chi connectivity index (χ3n) is 2.31. The number of hydrogen-bond donors (Lipinski definition) is 2. The highest BCUT2D eigenvalue weighted by molar-refractivity contribution is 6.35. The average molecular weight is 209 g/mol. The van der Waals surface area contributed by atoms with Crippen molar-refractivity contribution in [2.75, 3.05) is 6.54 Å². The Kier molecular flexibility index (Phi) is 2.48. The van der Waals surface area contributed by atoms with Crippen LogP contribution in [0.1, 0.15) is 11.3 Å². The Morgan fingerprint density at radius 2 is 2.14 bits per heavy atom. The number of aromatic amines is 1. The van der Waals surface area contributed by atoms with Crippen molar-refractivity contribution in [2.45, 2.75) is 13.3 Å². The summed E-state index contributed by atoms with van der Waals surface area (Å²) in [5, 5.41) is 1.94. The fourth-order valence-corrected chi connectivity index (χ4v) is 2.01. The van der Waals surface area contributed by atoms with E-state index in [1.807, 2.05) is 13.0 Å². The van der Waals surface area contributed by atoms with E-state index in [1.54, 1.807) is 0 Å². The summed E-state index contributed by atoms with van der Waals surface area (Å²) in [6.07, 6.45) is 0.875. The zero-order valence-electron chi connectivity index (χ0n) is 8.10. The highest BCUT2D eigenvalue weighted by Gasteiger charge is 2.04. The van der Waals surface area contributed by atoms with Crippen LogP contribution in [0.2, 0.25) is 5.02 Å². The van der Waals surface area contributed by atoms with Crippen molar-refractivity contribution >= 4 is 22.5 Å². The van der Waals surface area contributed by atoms with Crippen LogP contribution in [0.4, 0.5) is 0 Å². The fraction of sp³-hybridized carbons (Fsp3) is 0.273. The van der Waals surface area contributed by atoms with Gasteiger partial charge in [-0.25, -0.2) is 0 Å². The molecule has 14 heavy (non-hydrogen) atoms. The lowest BCUT2D eigenvalue weighted by Gasteiger charge is -2.00. The first-order chi connectivity index (χ1) is 6.70. The molecule has 0 bridgehead atoms. The minimum Gasteiger partial charge on any atom is -0.357 e. The van der Waals surface area contributed by atoms with Crippen LogP contribution in [0.3, 0.4) is 0 Å². The number of nitrogens with one attached hydrogen (secondary N) is 1. The maximum atomic E-state index is 6.14. The van der Waals surface area contributed by atoms with Gasteiger partial charge in [0.05, 0.1) is 10.5 Å². The second-order valence-corrected chi connectivity index (χ2v) is 3.94. The Labute approximate surface area is 88.1 Å². The SMILES string of the molecule is Cc1cc2cc(CCN)cc(Cl)c2[nH]1. The van der Waals surface area contributed by atoms with E-state index in [1.165, 1.54) is 10.9 Å². The second-order valence-electron chi connectivity index (χ2n) is 3.53. The van der Waals surface area contributed by atoms with E-state index in [0.29, 0.717) is 6.54 Å². The fourth-order valence-electron chi connectivity index (χ4n) is 1.71. The molecule has 2 rings (SSSR count). The monoisotopic (exact) mass is 208 g/mol. The van der Waals surface area contributed by atoms with Crippen LogP contribution in [-0.2, 0) is 6.42 Å². The predicted octanol–water partition coefficient (Wildman–Crippen LogP) is 2.63. The second kappa shape index (κ2) is 3.64. The maximum Gasteiger partial charge on any atom is 0.0649 e. The topological polar surface area (TPSA) is 41.8 Å². The first-order valence-electron chi connectivity index (χ1n) is 4.68. The molecule has 0 aliphatic rings. The zero-order chi connectivity index (χ0) is 10.1. The van der Waals surface area contributed by atoms with E-state index >= 15 is 0 Å². The maximum absolute atomic E-state index is 6.14. The van der Waals surface area contributed by atoms with Gasteiger partial charge in [0, 0.05) is 11.1 Å². The molecule has 1 aromatic heterocycles. The number of rotatable bonds is 2. The first kappa shape index (κ1) is 9.56. The molecule has 1 heterocycles.